The third-order valence-electron chi connectivity index (χ3n) is 4.72. The van der Waals surface area contributed by atoms with Crippen LogP contribution in [0.3, 0.4) is 0 Å². The molecule has 118 valence electrons. The number of benzene rings is 1. The van der Waals surface area contributed by atoms with E-state index in [1.165, 1.54) is 38.2 Å². The molecule has 2 atom stereocenters. The van der Waals surface area contributed by atoms with Gasteiger partial charge in [0.2, 0.25) is 0 Å². The second-order valence-electron chi connectivity index (χ2n) is 6.32. The van der Waals surface area contributed by atoms with E-state index in [0.717, 1.165) is 24.4 Å². The van der Waals surface area contributed by atoms with Crippen LogP contribution in [0.5, 0.6) is 0 Å². The highest BCUT2D eigenvalue weighted by atomic mass is 79.9. The van der Waals surface area contributed by atoms with Crippen molar-refractivity contribution in [2.75, 3.05) is 11.9 Å². The number of nitrogens with two attached hydrogens (primary N) is 1. The molecule has 0 bridgehead atoms. The van der Waals surface area contributed by atoms with Crippen molar-refractivity contribution in [3.63, 3.8) is 0 Å². The van der Waals surface area contributed by atoms with Crippen molar-refractivity contribution >= 4 is 21.6 Å². The molecule has 2 unspecified atom stereocenters. The topological polar surface area (TPSA) is 38.0 Å². The van der Waals surface area contributed by atoms with E-state index in [2.05, 4.69) is 28.2 Å². The van der Waals surface area contributed by atoms with Gasteiger partial charge in [-0.3, -0.25) is 0 Å². The van der Waals surface area contributed by atoms with E-state index >= 15 is 0 Å². The van der Waals surface area contributed by atoms with E-state index in [4.69, 9.17) is 5.73 Å². The maximum absolute atomic E-state index is 13.4. The van der Waals surface area contributed by atoms with E-state index in [0.29, 0.717) is 11.0 Å². The summed E-state index contributed by atoms with van der Waals surface area (Å²) >= 11 is 3.25. The van der Waals surface area contributed by atoms with Gasteiger partial charge in [-0.15, -0.1) is 0 Å². The summed E-state index contributed by atoms with van der Waals surface area (Å²) in [4.78, 5) is 0. The van der Waals surface area contributed by atoms with Crippen LogP contribution in [-0.2, 0) is 0 Å². The second-order valence-corrected chi connectivity index (χ2v) is 7.18. The van der Waals surface area contributed by atoms with Gasteiger partial charge in [0.25, 0.3) is 0 Å². The summed E-state index contributed by atoms with van der Waals surface area (Å²) < 4.78 is 13.9. The van der Waals surface area contributed by atoms with Crippen LogP contribution in [0.1, 0.15) is 51.9 Å². The molecule has 2 nitrogen and oxygen atoms in total. The van der Waals surface area contributed by atoms with E-state index in [9.17, 15) is 4.39 Å². The summed E-state index contributed by atoms with van der Waals surface area (Å²) in [5, 5.41) is 3.59. The molecular formula is C17H26BrFN2. The van der Waals surface area contributed by atoms with Crippen molar-refractivity contribution < 1.29 is 4.39 Å². The van der Waals surface area contributed by atoms with Crippen LogP contribution in [0, 0.1) is 11.7 Å². The predicted octanol–water partition coefficient (Wildman–Crippen LogP) is 5.08. The largest absolute Gasteiger partial charge is 0.378 e. The number of rotatable bonds is 5. The summed E-state index contributed by atoms with van der Waals surface area (Å²) in [7, 11) is 0. The molecule has 0 spiro atoms. The zero-order valence-electron chi connectivity index (χ0n) is 12.8. The standard InChI is InChI=1S/C17H26BrFN2/c1-2-4-13-5-3-9-17(12-20,10-8-13)21-14-6-7-16(19)15(18)11-14/h6-7,11,13,21H,2-5,8-10,12,20H2,1H3. The van der Waals surface area contributed by atoms with Gasteiger partial charge in [0, 0.05) is 17.8 Å². The predicted molar refractivity (Wildman–Crippen MR) is 91.0 cm³/mol. The van der Waals surface area contributed by atoms with Gasteiger partial charge in [0.05, 0.1) is 4.47 Å². The molecule has 0 amide bonds. The lowest BCUT2D eigenvalue weighted by Crippen LogP contribution is -2.45. The second kappa shape index (κ2) is 7.59. The van der Waals surface area contributed by atoms with Crippen LogP contribution in [-0.4, -0.2) is 12.1 Å². The molecule has 21 heavy (non-hydrogen) atoms. The highest BCUT2D eigenvalue weighted by Crippen LogP contribution is 2.35. The van der Waals surface area contributed by atoms with Gasteiger partial charge in [0.1, 0.15) is 5.82 Å². The maximum atomic E-state index is 13.4. The SMILES string of the molecule is CCCC1CCCC(CN)(Nc2ccc(F)c(Br)c2)CC1. The molecule has 1 fully saturated rings. The van der Waals surface area contributed by atoms with Crippen molar-refractivity contribution in [1.82, 2.24) is 0 Å². The lowest BCUT2D eigenvalue weighted by Gasteiger charge is -2.34. The quantitative estimate of drug-likeness (QED) is 0.722. The zero-order valence-corrected chi connectivity index (χ0v) is 14.4. The van der Waals surface area contributed by atoms with Crippen LogP contribution in [0.25, 0.3) is 0 Å². The summed E-state index contributed by atoms with van der Waals surface area (Å²) in [6, 6.07) is 5.10. The molecule has 1 aromatic carbocycles. The first-order chi connectivity index (χ1) is 10.1. The summed E-state index contributed by atoms with van der Waals surface area (Å²) in [5.41, 5.74) is 7.00. The molecular weight excluding hydrogens is 331 g/mol. The highest BCUT2D eigenvalue weighted by Gasteiger charge is 2.31. The van der Waals surface area contributed by atoms with Gasteiger partial charge in [0.15, 0.2) is 0 Å². The summed E-state index contributed by atoms with van der Waals surface area (Å²) in [6.45, 7) is 2.89. The molecule has 0 aromatic heterocycles. The van der Waals surface area contributed by atoms with Crippen LogP contribution in [0.4, 0.5) is 10.1 Å². The molecule has 4 heteroatoms. The van der Waals surface area contributed by atoms with E-state index < -0.39 is 0 Å². The number of halogens is 2. The van der Waals surface area contributed by atoms with Gasteiger partial charge in [-0.2, -0.15) is 0 Å². The minimum absolute atomic E-state index is 0.0419. The Balaban J connectivity index is 2.08. The Labute approximate surface area is 135 Å². The Morgan fingerprint density at radius 2 is 2.19 bits per heavy atom. The average molecular weight is 357 g/mol. The first kappa shape index (κ1) is 16.8. The Morgan fingerprint density at radius 1 is 1.38 bits per heavy atom. The van der Waals surface area contributed by atoms with Crippen LogP contribution in [0.2, 0.25) is 0 Å². The Bertz CT molecular complexity index is 466. The number of anilines is 1. The monoisotopic (exact) mass is 356 g/mol. The average Bonchev–Trinajstić information content (AvgIpc) is 2.67. The Morgan fingerprint density at radius 3 is 2.86 bits per heavy atom. The Kier molecular flexibility index (Phi) is 6.06. The lowest BCUT2D eigenvalue weighted by atomic mass is 9.88. The fourth-order valence-corrected chi connectivity index (χ4v) is 3.81. The van der Waals surface area contributed by atoms with Crippen molar-refractivity contribution in [3.05, 3.63) is 28.5 Å². The molecule has 1 aliphatic carbocycles. The number of hydrogen-bond acceptors (Lipinski definition) is 2. The van der Waals surface area contributed by atoms with Crippen LogP contribution < -0.4 is 11.1 Å². The van der Waals surface area contributed by atoms with Crippen molar-refractivity contribution in [2.45, 2.75) is 57.4 Å². The summed E-state index contributed by atoms with van der Waals surface area (Å²) in [6.07, 6.45) is 8.55. The smallest absolute Gasteiger partial charge is 0.137 e. The van der Waals surface area contributed by atoms with Gasteiger partial charge in [-0.1, -0.05) is 32.6 Å². The molecule has 1 saturated carbocycles. The first-order valence-electron chi connectivity index (χ1n) is 8.02. The molecule has 0 aliphatic heterocycles. The fraction of sp³-hybridized carbons (Fsp3) is 0.647. The molecule has 1 aliphatic rings. The van der Waals surface area contributed by atoms with Crippen LogP contribution >= 0.6 is 15.9 Å². The van der Waals surface area contributed by atoms with Crippen molar-refractivity contribution in [2.24, 2.45) is 11.7 Å². The molecule has 3 N–H and O–H groups in total. The fourth-order valence-electron chi connectivity index (χ4n) is 3.44. The molecule has 2 rings (SSSR count). The third kappa shape index (κ3) is 4.43. The van der Waals surface area contributed by atoms with E-state index in [1.54, 1.807) is 12.1 Å². The molecule has 0 heterocycles. The first-order valence-corrected chi connectivity index (χ1v) is 8.81. The minimum Gasteiger partial charge on any atom is -0.378 e. The third-order valence-corrected chi connectivity index (χ3v) is 5.32. The van der Waals surface area contributed by atoms with E-state index in [1.807, 2.05) is 0 Å². The normalized spacial score (nSPS) is 26.4. The molecule has 0 saturated heterocycles. The van der Waals surface area contributed by atoms with E-state index in [-0.39, 0.29) is 11.4 Å². The van der Waals surface area contributed by atoms with Gasteiger partial charge in [-0.25, -0.2) is 4.39 Å². The lowest BCUT2D eigenvalue weighted by molar-refractivity contribution is 0.390. The van der Waals surface area contributed by atoms with Crippen LogP contribution in [0.15, 0.2) is 22.7 Å². The highest BCUT2D eigenvalue weighted by molar-refractivity contribution is 9.10. The minimum atomic E-state index is -0.230. The molecule has 0 radical (unpaired) electrons. The van der Waals surface area contributed by atoms with Crippen molar-refractivity contribution in [1.29, 1.82) is 0 Å². The van der Waals surface area contributed by atoms with Gasteiger partial charge >= 0.3 is 0 Å². The van der Waals surface area contributed by atoms with Gasteiger partial charge in [-0.05, 0) is 59.3 Å². The maximum Gasteiger partial charge on any atom is 0.137 e. The molecule has 1 aromatic rings. The Hall–Kier alpha value is -0.610. The summed E-state index contributed by atoms with van der Waals surface area (Å²) in [5.74, 6) is 0.608. The van der Waals surface area contributed by atoms with Crippen molar-refractivity contribution in [3.8, 4) is 0 Å². The zero-order chi connectivity index (χ0) is 15.3. The number of nitrogens with one attached hydrogen (secondary N) is 1. The van der Waals surface area contributed by atoms with Gasteiger partial charge < -0.3 is 11.1 Å². The number of hydrogen-bond donors (Lipinski definition) is 2.